The summed E-state index contributed by atoms with van der Waals surface area (Å²) >= 11 is 0. The molecule has 0 fully saturated rings. The Morgan fingerprint density at radius 2 is 1.94 bits per heavy atom. The SMILES string of the molecule is C=CC(CN)c1cc(C)c2c(c1)COB2OF.C=Cc1ccc(NC)cc1/C=C\C.CCC. The zero-order valence-electron chi connectivity index (χ0n) is 20.7. The van der Waals surface area contributed by atoms with Crippen LogP contribution in [0.25, 0.3) is 12.2 Å². The van der Waals surface area contributed by atoms with Crippen molar-refractivity contribution < 1.29 is 14.0 Å². The minimum atomic E-state index is -0.890. The van der Waals surface area contributed by atoms with E-state index in [-0.39, 0.29) is 5.92 Å². The Labute approximate surface area is 199 Å². The van der Waals surface area contributed by atoms with Crippen LogP contribution in [-0.2, 0) is 16.1 Å². The van der Waals surface area contributed by atoms with Crippen LogP contribution in [0.4, 0.5) is 10.2 Å². The van der Waals surface area contributed by atoms with Gasteiger partial charge in [-0.15, -0.1) is 6.58 Å². The van der Waals surface area contributed by atoms with Crippen LogP contribution in [0.5, 0.6) is 0 Å². The molecule has 1 atom stereocenters. The smallest absolute Gasteiger partial charge is 0.401 e. The van der Waals surface area contributed by atoms with Gasteiger partial charge in [0.2, 0.25) is 0 Å². The van der Waals surface area contributed by atoms with Crippen molar-refractivity contribution in [3.8, 4) is 0 Å². The van der Waals surface area contributed by atoms with Gasteiger partial charge in [0.1, 0.15) is 0 Å². The molecule has 0 saturated heterocycles. The predicted molar refractivity (Wildman–Crippen MR) is 142 cm³/mol. The fraction of sp³-hybridized carbons (Fsp3) is 0.333. The number of hydrogen-bond donors (Lipinski definition) is 2. The first-order valence-corrected chi connectivity index (χ1v) is 11.4. The van der Waals surface area contributed by atoms with Crippen molar-refractivity contribution in [2.75, 3.05) is 18.9 Å². The second kappa shape index (κ2) is 15.2. The molecule has 2 aromatic rings. The molecule has 1 unspecified atom stereocenters. The number of nitrogens with two attached hydrogens (primary N) is 1. The van der Waals surface area contributed by atoms with E-state index in [9.17, 15) is 4.53 Å². The number of hydrogen-bond acceptors (Lipinski definition) is 4. The van der Waals surface area contributed by atoms with Gasteiger partial charge in [-0.2, -0.15) is 0 Å². The summed E-state index contributed by atoms with van der Waals surface area (Å²) < 4.78 is 17.5. The molecule has 3 rings (SSSR count). The number of halogens is 1. The Balaban J connectivity index is 0.000000304. The third kappa shape index (κ3) is 8.00. The van der Waals surface area contributed by atoms with Gasteiger partial charge in [0.15, 0.2) is 0 Å². The lowest BCUT2D eigenvalue weighted by Gasteiger charge is -2.13. The van der Waals surface area contributed by atoms with Crippen LogP contribution in [0.3, 0.4) is 0 Å². The Hall–Kier alpha value is -2.67. The maximum absolute atomic E-state index is 12.3. The van der Waals surface area contributed by atoms with Crippen LogP contribution < -0.4 is 16.5 Å². The molecule has 3 N–H and O–H groups in total. The Morgan fingerprint density at radius 1 is 1.24 bits per heavy atom. The lowest BCUT2D eigenvalue weighted by molar-refractivity contribution is -0.0340. The summed E-state index contributed by atoms with van der Waals surface area (Å²) in [6, 6.07) is 10.2. The Morgan fingerprint density at radius 3 is 2.45 bits per heavy atom. The topological polar surface area (TPSA) is 56.5 Å². The van der Waals surface area contributed by atoms with Crippen LogP contribution >= 0.6 is 0 Å². The lowest BCUT2D eigenvalue weighted by Crippen LogP contribution is -2.32. The van der Waals surface area contributed by atoms with E-state index in [0.29, 0.717) is 13.2 Å². The van der Waals surface area contributed by atoms with Crippen LogP contribution in [0.1, 0.15) is 60.9 Å². The molecule has 2 aromatic carbocycles. The maximum atomic E-state index is 12.3. The average Bonchev–Trinajstić information content (AvgIpc) is 3.25. The van der Waals surface area contributed by atoms with Crippen molar-refractivity contribution in [3.63, 3.8) is 0 Å². The predicted octanol–water partition coefficient (Wildman–Crippen LogP) is 6.17. The standard InChI is InChI=1S/C12H15BFNO2.C12H15N.C3H8/c1-3-9(6-15)10-4-8(2)12-11(5-10)7-16-13(12)17-14;1-4-6-11-9-12(13-3)8-7-10(11)5-2;1-3-2/h3-5,9H,1,6-7,15H2,2H3;4-9,13H,2H2,1,3H3;3H2,1-2H3/b;6-4-;. The minimum Gasteiger partial charge on any atom is -0.401 e. The summed E-state index contributed by atoms with van der Waals surface area (Å²) in [5, 5.41) is 3.11. The highest BCUT2D eigenvalue weighted by Crippen LogP contribution is 2.23. The van der Waals surface area contributed by atoms with Gasteiger partial charge in [0.25, 0.3) is 0 Å². The summed E-state index contributed by atoms with van der Waals surface area (Å²) in [6.45, 7) is 16.6. The van der Waals surface area contributed by atoms with Gasteiger partial charge in [-0.3, -0.25) is 0 Å². The molecule has 33 heavy (non-hydrogen) atoms. The quantitative estimate of drug-likeness (QED) is 0.390. The first-order valence-electron chi connectivity index (χ1n) is 11.4. The molecule has 178 valence electrons. The highest BCUT2D eigenvalue weighted by atomic mass is 19.3. The molecule has 0 bridgehead atoms. The first kappa shape index (κ1) is 28.4. The molecule has 4 nitrogen and oxygen atoms in total. The Kier molecular flexibility index (Phi) is 13.1. The van der Waals surface area contributed by atoms with Crippen molar-refractivity contribution in [1.29, 1.82) is 0 Å². The molecule has 6 heteroatoms. The third-order valence-electron chi connectivity index (χ3n) is 5.11. The van der Waals surface area contributed by atoms with Gasteiger partial charge in [-0.05, 0) is 53.7 Å². The number of benzene rings is 2. The second-order valence-corrected chi connectivity index (χ2v) is 7.73. The third-order valence-corrected chi connectivity index (χ3v) is 5.11. The molecule has 1 heterocycles. The van der Waals surface area contributed by atoms with Crippen molar-refractivity contribution in [2.45, 2.75) is 46.6 Å². The molecule has 0 spiro atoms. The number of allylic oxidation sites excluding steroid dienone is 1. The van der Waals surface area contributed by atoms with Crippen LogP contribution in [0.2, 0.25) is 0 Å². The monoisotopic (exact) mass is 452 g/mol. The van der Waals surface area contributed by atoms with Gasteiger partial charge in [0.05, 0.1) is 6.61 Å². The number of rotatable bonds is 7. The Bertz CT molecular complexity index is 931. The van der Waals surface area contributed by atoms with Crippen LogP contribution in [-0.4, -0.2) is 20.7 Å². The molecule has 1 aliphatic rings. The van der Waals surface area contributed by atoms with Gasteiger partial charge in [-0.1, -0.05) is 79.4 Å². The molecule has 0 amide bonds. The van der Waals surface area contributed by atoms with Crippen molar-refractivity contribution >= 4 is 30.4 Å². The number of fused-ring (bicyclic) bond motifs is 1. The number of aryl methyl sites for hydroxylation is 1. The van der Waals surface area contributed by atoms with Gasteiger partial charge >= 0.3 is 7.12 Å². The normalized spacial score (nSPS) is 12.8. The van der Waals surface area contributed by atoms with Crippen molar-refractivity contribution in [3.05, 3.63) is 83.5 Å². The van der Waals surface area contributed by atoms with Gasteiger partial charge in [-0.25, -0.2) is 4.86 Å². The lowest BCUT2D eigenvalue weighted by atomic mass is 9.75. The number of anilines is 1. The highest BCUT2D eigenvalue weighted by Gasteiger charge is 2.34. The van der Waals surface area contributed by atoms with Gasteiger partial charge in [0, 0.05) is 25.2 Å². The molecule has 0 aromatic heterocycles. The van der Waals surface area contributed by atoms with E-state index in [1.807, 2.05) is 57.3 Å². The summed E-state index contributed by atoms with van der Waals surface area (Å²) in [6.07, 6.45) is 9.05. The fourth-order valence-electron chi connectivity index (χ4n) is 3.50. The van der Waals surface area contributed by atoms with E-state index in [1.165, 1.54) is 12.0 Å². The first-order chi connectivity index (χ1) is 15.9. The summed E-state index contributed by atoms with van der Waals surface area (Å²) in [7, 11) is 1.03. The number of nitrogens with one attached hydrogen (secondary N) is 1. The molecule has 1 aliphatic heterocycles. The molecule has 0 saturated carbocycles. The van der Waals surface area contributed by atoms with E-state index in [2.05, 4.69) is 55.4 Å². The van der Waals surface area contributed by atoms with Crippen molar-refractivity contribution in [2.24, 2.45) is 5.73 Å². The molecular formula is C27H38BFN2O2. The minimum absolute atomic E-state index is 0.115. The van der Waals surface area contributed by atoms with Crippen LogP contribution in [0, 0.1) is 6.92 Å². The van der Waals surface area contributed by atoms with Crippen molar-refractivity contribution in [1.82, 2.24) is 0 Å². The van der Waals surface area contributed by atoms with E-state index in [1.54, 1.807) is 0 Å². The summed E-state index contributed by atoms with van der Waals surface area (Å²) in [5.41, 5.74) is 13.0. The summed E-state index contributed by atoms with van der Waals surface area (Å²) in [5.74, 6) is 0.115. The molecular weight excluding hydrogens is 414 g/mol. The van der Waals surface area contributed by atoms with Gasteiger partial charge < -0.3 is 15.7 Å². The fourth-order valence-corrected chi connectivity index (χ4v) is 3.50. The van der Waals surface area contributed by atoms with E-state index < -0.39 is 7.12 Å². The van der Waals surface area contributed by atoms with E-state index in [4.69, 9.17) is 10.4 Å². The largest absolute Gasteiger partial charge is 0.533 e. The van der Waals surface area contributed by atoms with Crippen LogP contribution in [0.15, 0.2) is 55.6 Å². The highest BCUT2D eigenvalue weighted by molar-refractivity contribution is 6.63. The van der Waals surface area contributed by atoms with E-state index in [0.717, 1.165) is 33.4 Å². The average molecular weight is 452 g/mol. The summed E-state index contributed by atoms with van der Waals surface area (Å²) in [4.78, 5) is 3.80. The zero-order chi connectivity index (χ0) is 24.8. The maximum Gasteiger partial charge on any atom is 0.533 e. The molecule has 0 aliphatic carbocycles. The molecule has 0 radical (unpaired) electrons. The zero-order valence-corrected chi connectivity index (χ0v) is 20.7. The van der Waals surface area contributed by atoms with E-state index >= 15 is 0 Å². The second-order valence-electron chi connectivity index (χ2n) is 7.73.